The molecule has 4 N–H and O–H groups in total. The second-order valence-corrected chi connectivity index (χ2v) is 8.32. The molecule has 0 fully saturated rings. The zero-order valence-corrected chi connectivity index (χ0v) is 19.5. The van der Waals surface area contributed by atoms with E-state index in [0.29, 0.717) is 11.4 Å². The number of carbonyl (C=O) groups is 4. The maximum atomic E-state index is 13.2. The van der Waals surface area contributed by atoms with Gasteiger partial charge in [0.15, 0.2) is 0 Å². The number of hydrogen-bond donors (Lipinski definition) is 4. The Morgan fingerprint density at radius 2 is 0.806 bits per heavy atom. The van der Waals surface area contributed by atoms with Crippen LogP contribution < -0.4 is 10.6 Å². The number of nitrogens with one attached hydrogen (secondary N) is 2. The van der Waals surface area contributed by atoms with E-state index in [9.17, 15) is 29.4 Å². The second-order valence-electron chi connectivity index (χ2n) is 8.32. The molecule has 0 aliphatic heterocycles. The first-order valence-electron chi connectivity index (χ1n) is 11.0. The van der Waals surface area contributed by atoms with Gasteiger partial charge in [0.25, 0.3) is 11.8 Å². The molecular weight excluding hydrogens is 460 g/mol. The maximum absolute atomic E-state index is 13.2. The van der Waals surface area contributed by atoms with E-state index in [1.807, 2.05) is 13.8 Å². The van der Waals surface area contributed by atoms with Gasteiger partial charge >= 0.3 is 11.9 Å². The number of hydrogen-bond acceptors (Lipinski definition) is 4. The van der Waals surface area contributed by atoms with Gasteiger partial charge in [-0.3, -0.25) is 9.59 Å². The van der Waals surface area contributed by atoms with E-state index in [1.165, 1.54) is 12.1 Å². The van der Waals surface area contributed by atoms with Crippen LogP contribution in [0.3, 0.4) is 0 Å². The minimum absolute atomic E-state index is 0.0713. The van der Waals surface area contributed by atoms with Gasteiger partial charge in [0.2, 0.25) is 0 Å². The lowest BCUT2D eigenvalue weighted by Crippen LogP contribution is -2.18. The Balaban J connectivity index is 1.90. The van der Waals surface area contributed by atoms with E-state index in [-0.39, 0.29) is 33.0 Å². The molecule has 0 aromatic heterocycles. The molecule has 8 heteroatoms. The second kappa shape index (κ2) is 9.71. The Morgan fingerprint density at radius 3 is 1.11 bits per heavy atom. The molecule has 4 aromatic carbocycles. The number of amides is 2. The Hall–Kier alpha value is -4.98. The first-order valence-corrected chi connectivity index (χ1v) is 11.0. The summed E-state index contributed by atoms with van der Waals surface area (Å²) in [7, 11) is 0. The highest BCUT2D eigenvalue weighted by Crippen LogP contribution is 2.31. The molecule has 0 bridgehead atoms. The molecule has 180 valence electrons. The third-order valence-electron chi connectivity index (χ3n) is 5.73. The van der Waals surface area contributed by atoms with Crippen molar-refractivity contribution < 1.29 is 29.4 Å². The maximum Gasteiger partial charge on any atom is 0.336 e. The summed E-state index contributed by atoms with van der Waals surface area (Å²) in [5.74, 6) is -4.01. The third kappa shape index (κ3) is 4.78. The van der Waals surface area contributed by atoms with Crippen LogP contribution in [-0.2, 0) is 0 Å². The van der Waals surface area contributed by atoms with Crippen LogP contribution in [0, 0.1) is 13.8 Å². The number of carboxylic acid groups (broad SMARTS) is 2. The average Bonchev–Trinajstić information content (AvgIpc) is 2.85. The summed E-state index contributed by atoms with van der Waals surface area (Å²) in [4.78, 5) is 50.6. The fourth-order valence-electron chi connectivity index (χ4n) is 3.90. The summed E-state index contributed by atoms with van der Waals surface area (Å²) in [6.07, 6.45) is 0. The first-order chi connectivity index (χ1) is 17.2. The molecule has 0 saturated heterocycles. The highest BCUT2D eigenvalue weighted by atomic mass is 16.4. The van der Waals surface area contributed by atoms with Crippen molar-refractivity contribution in [3.8, 4) is 0 Å². The number of fused-ring (bicyclic) bond motifs is 1. The number of aryl methyl sites for hydroxylation is 2. The van der Waals surface area contributed by atoms with Gasteiger partial charge in [-0.25, -0.2) is 9.59 Å². The van der Waals surface area contributed by atoms with Gasteiger partial charge in [0.1, 0.15) is 0 Å². The quantitative estimate of drug-likeness (QED) is 0.293. The van der Waals surface area contributed by atoms with Crippen LogP contribution in [0.4, 0.5) is 11.4 Å². The number of rotatable bonds is 6. The highest BCUT2D eigenvalue weighted by molar-refractivity contribution is 6.26. The summed E-state index contributed by atoms with van der Waals surface area (Å²) in [5, 5.41) is 24.8. The molecule has 0 aliphatic rings. The minimum atomic E-state index is -1.36. The van der Waals surface area contributed by atoms with E-state index in [0.717, 1.165) is 23.3 Å². The van der Waals surface area contributed by atoms with Gasteiger partial charge in [0, 0.05) is 33.3 Å². The van der Waals surface area contributed by atoms with Crippen LogP contribution in [0.5, 0.6) is 0 Å². The molecule has 0 aliphatic carbocycles. The van der Waals surface area contributed by atoms with Crippen molar-refractivity contribution in [1.29, 1.82) is 0 Å². The fraction of sp³-hybridized carbons (Fsp3) is 0.0714. The van der Waals surface area contributed by atoms with Crippen molar-refractivity contribution in [1.82, 2.24) is 0 Å². The Kier molecular flexibility index (Phi) is 6.52. The molecule has 4 aromatic rings. The predicted molar refractivity (Wildman–Crippen MR) is 136 cm³/mol. The minimum Gasteiger partial charge on any atom is -0.478 e. The summed E-state index contributed by atoms with van der Waals surface area (Å²) in [5.41, 5.74) is 2.19. The van der Waals surface area contributed by atoms with Gasteiger partial charge in [-0.2, -0.15) is 0 Å². The molecule has 0 radical (unpaired) electrons. The number of aromatic carboxylic acids is 2. The summed E-state index contributed by atoms with van der Waals surface area (Å²) < 4.78 is 0. The summed E-state index contributed by atoms with van der Waals surface area (Å²) in [6, 6.07) is 18.9. The molecule has 0 unspecified atom stereocenters. The standard InChI is InChI=1S/C28H22N2O6/c1-15-3-7-17(8-4-15)29-25(31)19-11-12-20(26(32)30-18-9-5-16(2)6-10-18)24-22(28(35)36)14-13-21(23(19)24)27(33)34/h3-14H,1-2H3,(H,29,31)(H,30,32)(H,33,34)(H,35,36). The van der Waals surface area contributed by atoms with Crippen LogP contribution in [0.2, 0.25) is 0 Å². The van der Waals surface area contributed by atoms with Gasteiger partial charge < -0.3 is 20.8 Å². The lowest BCUT2D eigenvalue weighted by atomic mass is 9.90. The number of carbonyl (C=O) groups excluding carboxylic acids is 2. The van der Waals surface area contributed by atoms with Gasteiger partial charge in [-0.15, -0.1) is 0 Å². The van der Waals surface area contributed by atoms with Crippen LogP contribution in [0.25, 0.3) is 10.8 Å². The third-order valence-corrected chi connectivity index (χ3v) is 5.73. The molecule has 4 rings (SSSR count). The van der Waals surface area contributed by atoms with Crippen LogP contribution >= 0.6 is 0 Å². The molecular formula is C28H22N2O6. The SMILES string of the molecule is Cc1ccc(NC(=O)c2ccc(C(=O)Nc3ccc(C)cc3)c3c(C(=O)O)ccc(C(=O)O)c23)cc1. The average molecular weight is 482 g/mol. The van der Waals surface area contributed by atoms with E-state index in [1.54, 1.807) is 48.5 Å². The van der Waals surface area contributed by atoms with Crippen molar-refractivity contribution >= 4 is 45.9 Å². The normalized spacial score (nSPS) is 10.6. The Labute approximate surface area is 206 Å². The van der Waals surface area contributed by atoms with Gasteiger partial charge in [0.05, 0.1) is 11.1 Å². The van der Waals surface area contributed by atoms with Crippen molar-refractivity contribution in [3.05, 3.63) is 106 Å². The van der Waals surface area contributed by atoms with Gasteiger partial charge in [-0.1, -0.05) is 35.4 Å². The van der Waals surface area contributed by atoms with Gasteiger partial charge in [-0.05, 0) is 62.4 Å². The van der Waals surface area contributed by atoms with Crippen LogP contribution in [-0.4, -0.2) is 34.0 Å². The summed E-state index contributed by atoms with van der Waals surface area (Å²) in [6.45, 7) is 3.79. The zero-order chi connectivity index (χ0) is 26.0. The Morgan fingerprint density at radius 1 is 0.500 bits per heavy atom. The van der Waals surface area contributed by atoms with E-state index >= 15 is 0 Å². The molecule has 0 heterocycles. The molecule has 2 amide bonds. The molecule has 36 heavy (non-hydrogen) atoms. The number of anilines is 2. The van der Waals surface area contributed by atoms with Crippen molar-refractivity contribution in [2.24, 2.45) is 0 Å². The monoisotopic (exact) mass is 482 g/mol. The topological polar surface area (TPSA) is 133 Å². The van der Waals surface area contributed by atoms with Crippen LogP contribution in [0.15, 0.2) is 72.8 Å². The zero-order valence-electron chi connectivity index (χ0n) is 19.5. The molecule has 0 saturated carbocycles. The van der Waals surface area contributed by atoms with Crippen molar-refractivity contribution in [2.45, 2.75) is 13.8 Å². The van der Waals surface area contributed by atoms with Crippen molar-refractivity contribution in [3.63, 3.8) is 0 Å². The highest BCUT2D eigenvalue weighted by Gasteiger charge is 2.25. The first kappa shape index (κ1) is 24.2. The number of benzene rings is 4. The lowest BCUT2D eigenvalue weighted by Gasteiger charge is -2.16. The lowest BCUT2D eigenvalue weighted by molar-refractivity contribution is 0.0684. The fourth-order valence-corrected chi connectivity index (χ4v) is 3.90. The van der Waals surface area contributed by atoms with E-state index in [4.69, 9.17) is 0 Å². The molecule has 0 atom stereocenters. The number of carboxylic acids is 2. The largest absolute Gasteiger partial charge is 0.478 e. The predicted octanol–water partition coefficient (Wildman–Crippen LogP) is 5.36. The molecule has 8 nitrogen and oxygen atoms in total. The Bertz CT molecular complexity index is 1410. The molecule has 0 spiro atoms. The summed E-state index contributed by atoms with van der Waals surface area (Å²) >= 11 is 0. The van der Waals surface area contributed by atoms with E-state index < -0.39 is 23.8 Å². The van der Waals surface area contributed by atoms with E-state index in [2.05, 4.69) is 10.6 Å². The smallest absolute Gasteiger partial charge is 0.336 e. The van der Waals surface area contributed by atoms with Crippen molar-refractivity contribution in [2.75, 3.05) is 10.6 Å². The van der Waals surface area contributed by atoms with Crippen LogP contribution in [0.1, 0.15) is 52.6 Å².